The van der Waals surface area contributed by atoms with Crippen molar-refractivity contribution >= 4 is 5.69 Å². The second-order valence-corrected chi connectivity index (χ2v) is 4.11. The second kappa shape index (κ2) is 4.45. The number of hydrogen-bond acceptors (Lipinski definition) is 3. The predicted molar refractivity (Wildman–Crippen MR) is 70.1 cm³/mol. The fourth-order valence-electron chi connectivity index (χ4n) is 1.87. The zero-order chi connectivity index (χ0) is 12.4. The van der Waals surface area contributed by atoms with E-state index in [0.717, 1.165) is 11.3 Å². The summed E-state index contributed by atoms with van der Waals surface area (Å²) in [5.74, 6) is 0.475. The summed E-state index contributed by atoms with van der Waals surface area (Å²) in [5.41, 5.74) is 10.7. The Bertz CT molecular complexity index is 550. The third-order valence-electron chi connectivity index (χ3n) is 2.74. The monoisotopic (exact) mass is 228 g/mol. The molecule has 0 fully saturated rings. The SMILES string of the molecule is COc1nc(-c2ccc(C)cc2C)ccc1N. The number of rotatable bonds is 2. The van der Waals surface area contributed by atoms with Crippen LogP contribution in [-0.4, -0.2) is 12.1 Å². The molecule has 0 radical (unpaired) electrons. The Hall–Kier alpha value is -2.03. The standard InChI is InChI=1S/C14H16N2O/c1-9-4-5-11(10(2)8-9)13-7-6-12(15)14(16-13)17-3/h4-8H,15H2,1-3H3. The average molecular weight is 228 g/mol. The van der Waals surface area contributed by atoms with Crippen LogP contribution in [0.5, 0.6) is 5.88 Å². The van der Waals surface area contributed by atoms with E-state index in [4.69, 9.17) is 10.5 Å². The number of ether oxygens (including phenoxy) is 1. The molecule has 2 aromatic rings. The lowest BCUT2D eigenvalue weighted by atomic mass is 10.0. The molecule has 0 saturated heterocycles. The minimum Gasteiger partial charge on any atom is -0.480 e. The Morgan fingerprint density at radius 1 is 1.12 bits per heavy atom. The maximum Gasteiger partial charge on any atom is 0.237 e. The predicted octanol–water partition coefficient (Wildman–Crippen LogP) is 2.96. The van der Waals surface area contributed by atoms with Crippen molar-refractivity contribution in [2.45, 2.75) is 13.8 Å². The van der Waals surface area contributed by atoms with Crippen molar-refractivity contribution in [3.05, 3.63) is 41.5 Å². The van der Waals surface area contributed by atoms with Gasteiger partial charge in [-0.15, -0.1) is 0 Å². The molecule has 0 aliphatic heterocycles. The summed E-state index contributed by atoms with van der Waals surface area (Å²) in [6, 6.07) is 10.0. The molecule has 1 aromatic carbocycles. The van der Waals surface area contributed by atoms with Crippen molar-refractivity contribution < 1.29 is 4.74 Å². The van der Waals surface area contributed by atoms with Crippen molar-refractivity contribution in [1.82, 2.24) is 4.98 Å². The first-order valence-electron chi connectivity index (χ1n) is 5.50. The molecule has 0 saturated carbocycles. The highest BCUT2D eigenvalue weighted by Gasteiger charge is 2.07. The molecule has 3 heteroatoms. The molecule has 2 N–H and O–H groups in total. The molecular weight excluding hydrogens is 212 g/mol. The topological polar surface area (TPSA) is 48.1 Å². The molecule has 1 heterocycles. The number of nitrogens with zero attached hydrogens (tertiary/aromatic N) is 1. The number of aryl methyl sites for hydroxylation is 2. The van der Waals surface area contributed by atoms with Gasteiger partial charge in [0.2, 0.25) is 5.88 Å². The van der Waals surface area contributed by atoms with Gasteiger partial charge in [-0.05, 0) is 31.5 Å². The molecule has 3 nitrogen and oxygen atoms in total. The first-order valence-corrected chi connectivity index (χ1v) is 5.50. The van der Waals surface area contributed by atoms with Gasteiger partial charge in [0.25, 0.3) is 0 Å². The van der Waals surface area contributed by atoms with Crippen LogP contribution in [-0.2, 0) is 0 Å². The van der Waals surface area contributed by atoms with Crippen LogP contribution < -0.4 is 10.5 Å². The molecule has 2 rings (SSSR count). The van der Waals surface area contributed by atoms with Crippen LogP contribution in [0, 0.1) is 13.8 Å². The molecule has 0 aliphatic carbocycles. The number of anilines is 1. The second-order valence-electron chi connectivity index (χ2n) is 4.11. The number of hydrogen-bond donors (Lipinski definition) is 1. The van der Waals surface area contributed by atoms with Crippen molar-refractivity contribution in [3.8, 4) is 17.1 Å². The lowest BCUT2D eigenvalue weighted by molar-refractivity contribution is 0.401. The summed E-state index contributed by atoms with van der Waals surface area (Å²) in [4.78, 5) is 4.40. The van der Waals surface area contributed by atoms with Gasteiger partial charge in [-0.25, -0.2) is 4.98 Å². The summed E-state index contributed by atoms with van der Waals surface area (Å²) in [7, 11) is 1.57. The summed E-state index contributed by atoms with van der Waals surface area (Å²) < 4.78 is 5.13. The van der Waals surface area contributed by atoms with E-state index in [9.17, 15) is 0 Å². The summed E-state index contributed by atoms with van der Waals surface area (Å²) >= 11 is 0. The Labute approximate surface area is 101 Å². The molecule has 0 spiro atoms. The van der Waals surface area contributed by atoms with Crippen molar-refractivity contribution in [2.24, 2.45) is 0 Å². The molecule has 0 amide bonds. The molecule has 0 atom stereocenters. The fraction of sp³-hybridized carbons (Fsp3) is 0.214. The van der Waals surface area contributed by atoms with E-state index in [2.05, 4.69) is 37.0 Å². The summed E-state index contributed by atoms with van der Waals surface area (Å²) in [6.07, 6.45) is 0. The maximum absolute atomic E-state index is 5.75. The van der Waals surface area contributed by atoms with Crippen molar-refractivity contribution in [2.75, 3.05) is 12.8 Å². The van der Waals surface area contributed by atoms with Gasteiger partial charge in [-0.1, -0.05) is 23.8 Å². The van der Waals surface area contributed by atoms with Gasteiger partial charge in [-0.3, -0.25) is 0 Å². The van der Waals surface area contributed by atoms with Gasteiger partial charge in [0.1, 0.15) is 0 Å². The Kier molecular flexibility index (Phi) is 3.00. The molecule has 0 bridgehead atoms. The quantitative estimate of drug-likeness (QED) is 0.859. The average Bonchev–Trinajstić information content (AvgIpc) is 2.30. The lowest BCUT2D eigenvalue weighted by Crippen LogP contribution is -1.97. The van der Waals surface area contributed by atoms with Gasteiger partial charge < -0.3 is 10.5 Å². The van der Waals surface area contributed by atoms with Crippen LogP contribution in [0.15, 0.2) is 30.3 Å². The zero-order valence-electron chi connectivity index (χ0n) is 10.3. The normalized spacial score (nSPS) is 10.3. The Morgan fingerprint density at radius 2 is 1.88 bits per heavy atom. The number of aromatic nitrogens is 1. The highest BCUT2D eigenvalue weighted by molar-refractivity contribution is 5.67. The Balaban J connectivity index is 2.53. The zero-order valence-corrected chi connectivity index (χ0v) is 10.3. The fourth-order valence-corrected chi connectivity index (χ4v) is 1.87. The molecule has 1 aromatic heterocycles. The lowest BCUT2D eigenvalue weighted by Gasteiger charge is -2.09. The van der Waals surface area contributed by atoms with E-state index in [0.29, 0.717) is 11.6 Å². The highest BCUT2D eigenvalue weighted by atomic mass is 16.5. The van der Waals surface area contributed by atoms with Crippen LogP contribution >= 0.6 is 0 Å². The smallest absolute Gasteiger partial charge is 0.237 e. The van der Waals surface area contributed by atoms with Gasteiger partial charge in [-0.2, -0.15) is 0 Å². The molecule has 17 heavy (non-hydrogen) atoms. The van der Waals surface area contributed by atoms with Crippen LogP contribution in [0.2, 0.25) is 0 Å². The summed E-state index contributed by atoms with van der Waals surface area (Å²) in [6.45, 7) is 4.15. The van der Waals surface area contributed by atoms with Crippen molar-refractivity contribution in [3.63, 3.8) is 0 Å². The minimum atomic E-state index is 0.475. The van der Waals surface area contributed by atoms with Gasteiger partial charge in [0.05, 0.1) is 18.5 Å². The van der Waals surface area contributed by atoms with E-state index in [-0.39, 0.29) is 0 Å². The van der Waals surface area contributed by atoms with E-state index >= 15 is 0 Å². The molecule has 0 unspecified atom stereocenters. The number of methoxy groups -OCH3 is 1. The van der Waals surface area contributed by atoms with Crippen molar-refractivity contribution in [1.29, 1.82) is 0 Å². The number of nitrogens with two attached hydrogens (primary N) is 1. The highest BCUT2D eigenvalue weighted by Crippen LogP contribution is 2.27. The number of benzene rings is 1. The molecule has 0 aliphatic rings. The largest absolute Gasteiger partial charge is 0.480 e. The molecule has 88 valence electrons. The van der Waals surface area contributed by atoms with E-state index in [1.807, 2.05) is 12.1 Å². The van der Waals surface area contributed by atoms with Crippen LogP contribution in [0.3, 0.4) is 0 Å². The maximum atomic E-state index is 5.75. The van der Waals surface area contributed by atoms with E-state index in [1.54, 1.807) is 7.11 Å². The number of nitrogen functional groups attached to an aromatic ring is 1. The van der Waals surface area contributed by atoms with Crippen LogP contribution in [0.1, 0.15) is 11.1 Å². The summed E-state index contributed by atoms with van der Waals surface area (Å²) in [5, 5.41) is 0. The minimum absolute atomic E-state index is 0.475. The van der Waals surface area contributed by atoms with Crippen LogP contribution in [0.25, 0.3) is 11.3 Å². The van der Waals surface area contributed by atoms with E-state index < -0.39 is 0 Å². The third-order valence-corrected chi connectivity index (χ3v) is 2.74. The van der Waals surface area contributed by atoms with Gasteiger partial charge in [0, 0.05) is 5.56 Å². The Morgan fingerprint density at radius 3 is 2.53 bits per heavy atom. The van der Waals surface area contributed by atoms with Gasteiger partial charge >= 0.3 is 0 Å². The third kappa shape index (κ3) is 2.23. The van der Waals surface area contributed by atoms with Gasteiger partial charge in [0.15, 0.2) is 0 Å². The van der Waals surface area contributed by atoms with Crippen LogP contribution in [0.4, 0.5) is 5.69 Å². The van der Waals surface area contributed by atoms with E-state index in [1.165, 1.54) is 11.1 Å². The number of pyridine rings is 1. The first-order chi connectivity index (χ1) is 8.11. The first kappa shape index (κ1) is 11.5. The molecular formula is C14H16N2O.